The van der Waals surface area contributed by atoms with Crippen molar-refractivity contribution in [2.75, 3.05) is 55.9 Å². The summed E-state index contributed by atoms with van der Waals surface area (Å²) in [5.74, 6) is 0.782. The zero-order chi connectivity index (χ0) is 28.6. The van der Waals surface area contributed by atoms with Crippen LogP contribution in [0.25, 0.3) is 10.8 Å². The molecule has 3 aromatic rings. The van der Waals surface area contributed by atoms with E-state index in [-0.39, 0.29) is 18.6 Å². The fraction of sp³-hybridized carbons (Fsp3) is 0.515. The first-order valence-corrected chi connectivity index (χ1v) is 15.2. The molecule has 5 rings (SSSR count). The lowest BCUT2D eigenvalue weighted by atomic mass is 10.0. The van der Waals surface area contributed by atoms with Crippen LogP contribution in [0.5, 0.6) is 5.88 Å². The summed E-state index contributed by atoms with van der Waals surface area (Å²) < 4.78 is 11.5. The van der Waals surface area contributed by atoms with Crippen molar-refractivity contribution in [1.29, 1.82) is 0 Å². The minimum absolute atomic E-state index is 0.00866. The summed E-state index contributed by atoms with van der Waals surface area (Å²) in [7, 11) is 0. The van der Waals surface area contributed by atoms with Gasteiger partial charge in [-0.25, -0.2) is 0 Å². The van der Waals surface area contributed by atoms with E-state index in [1.165, 1.54) is 16.5 Å². The number of benzene rings is 2. The lowest BCUT2D eigenvalue weighted by molar-refractivity contribution is -0.148. The number of hydrogen-bond acceptors (Lipinski definition) is 8. The molecule has 0 aliphatic carbocycles. The monoisotopic (exact) mass is 560 g/mol. The maximum atomic E-state index is 12.3. The van der Waals surface area contributed by atoms with E-state index in [1.807, 2.05) is 26.0 Å². The van der Waals surface area contributed by atoms with E-state index >= 15 is 0 Å². The number of aromatic nitrogens is 1. The van der Waals surface area contributed by atoms with Gasteiger partial charge in [0.1, 0.15) is 12.0 Å². The van der Waals surface area contributed by atoms with Gasteiger partial charge in [0, 0.05) is 43.3 Å². The average Bonchev–Trinajstić information content (AvgIpc) is 3.00. The molecule has 41 heavy (non-hydrogen) atoms. The molecule has 2 aliphatic heterocycles. The van der Waals surface area contributed by atoms with E-state index in [9.17, 15) is 9.90 Å². The van der Waals surface area contributed by atoms with Gasteiger partial charge in [-0.3, -0.25) is 14.6 Å². The molecule has 1 saturated heterocycles. The summed E-state index contributed by atoms with van der Waals surface area (Å²) in [6.07, 6.45) is 4.30. The van der Waals surface area contributed by atoms with Gasteiger partial charge in [-0.2, -0.15) is 4.98 Å². The molecule has 2 atom stereocenters. The maximum absolute atomic E-state index is 12.3. The number of unbranched alkanes of at least 4 members (excludes halogenated alkanes) is 1. The Hall–Kier alpha value is -3.36. The molecule has 0 amide bonds. The first kappa shape index (κ1) is 29.1. The van der Waals surface area contributed by atoms with Crippen LogP contribution in [0.3, 0.4) is 0 Å². The van der Waals surface area contributed by atoms with Crippen molar-refractivity contribution in [3.63, 3.8) is 0 Å². The average molecular weight is 561 g/mol. The zero-order valence-electron chi connectivity index (χ0n) is 24.5. The highest BCUT2D eigenvalue weighted by Gasteiger charge is 2.28. The largest absolute Gasteiger partial charge is 0.478 e. The second-order valence-corrected chi connectivity index (χ2v) is 11.3. The van der Waals surface area contributed by atoms with Crippen molar-refractivity contribution in [2.45, 2.75) is 58.6 Å². The van der Waals surface area contributed by atoms with Crippen molar-refractivity contribution in [3.05, 3.63) is 60.2 Å². The smallest absolute Gasteiger partial charge is 0.310 e. The number of aliphatic hydroxyl groups is 1. The summed E-state index contributed by atoms with van der Waals surface area (Å²) >= 11 is 0. The Morgan fingerprint density at radius 3 is 2.68 bits per heavy atom. The van der Waals surface area contributed by atoms with Gasteiger partial charge in [-0.05, 0) is 61.7 Å². The first-order chi connectivity index (χ1) is 20.0. The second-order valence-electron chi connectivity index (χ2n) is 11.3. The van der Waals surface area contributed by atoms with E-state index in [0.29, 0.717) is 24.7 Å². The van der Waals surface area contributed by atoms with Crippen LogP contribution in [0.1, 0.15) is 51.5 Å². The highest BCUT2D eigenvalue weighted by atomic mass is 16.5. The molecule has 8 nitrogen and oxygen atoms in total. The minimum Gasteiger partial charge on any atom is -0.478 e. The van der Waals surface area contributed by atoms with Gasteiger partial charge in [0.05, 0.1) is 12.5 Å². The Bertz CT molecular complexity index is 1290. The Morgan fingerprint density at radius 1 is 1.05 bits per heavy atom. The van der Waals surface area contributed by atoms with Crippen LogP contribution in [0.2, 0.25) is 0 Å². The quantitative estimate of drug-likeness (QED) is 0.239. The van der Waals surface area contributed by atoms with Crippen molar-refractivity contribution >= 4 is 28.2 Å². The predicted molar refractivity (Wildman–Crippen MR) is 163 cm³/mol. The standard InChI is InChI=1S/C33H44N4O4/c1-3-9-25(2)33(39)41-24-37-31(38)17-15-27-14-16-30(34-32(27)37)40-23-7-6-18-35-19-21-36(22-20-35)29-13-8-11-26-10-4-5-12-28(26)29/h4-5,8,10-14,16,25,31,38H,3,6-7,9,15,17-24H2,1-2H3. The molecule has 8 heteroatoms. The molecule has 2 aromatic carbocycles. The summed E-state index contributed by atoms with van der Waals surface area (Å²) in [6.45, 7) is 9.78. The van der Waals surface area contributed by atoms with Crippen molar-refractivity contribution in [3.8, 4) is 5.88 Å². The number of esters is 1. The number of piperazine rings is 1. The molecule has 0 bridgehead atoms. The second kappa shape index (κ2) is 14.0. The topological polar surface area (TPSA) is 78.4 Å². The number of nitrogens with zero attached hydrogens (tertiary/aromatic N) is 4. The molecule has 1 aromatic heterocycles. The fourth-order valence-corrected chi connectivity index (χ4v) is 5.85. The molecule has 220 valence electrons. The molecular weight excluding hydrogens is 516 g/mol. The zero-order valence-corrected chi connectivity index (χ0v) is 24.5. The van der Waals surface area contributed by atoms with Crippen LogP contribution in [0.15, 0.2) is 54.6 Å². The maximum Gasteiger partial charge on any atom is 0.310 e. The molecule has 0 radical (unpaired) electrons. The summed E-state index contributed by atoms with van der Waals surface area (Å²) in [6, 6.07) is 19.1. The molecule has 1 fully saturated rings. The molecule has 0 spiro atoms. The van der Waals surface area contributed by atoms with Crippen molar-refractivity contribution in [2.24, 2.45) is 5.92 Å². The SMILES string of the molecule is CCCC(C)C(=O)OCN1c2nc(OCCCCN3CCN(c4cccc5ccccc45)CC3)ccc2CCC1O. The number of aryl methyl sites for hydroxylation is 1. The Kier molecular flexibility index (Phi) is 9.96. The third-order valence-corrected chi connectivity index (χ3v) is 8.30. The van der Waals surface area contributed by atoms with E-state index in [2.05, 4.69) is 57.2 Å². The molecular formula is C33H44N4O4. The number of anilines is 2. The Labute approximate surface area is 243 Å². The van der Waals surface area contributed by atoms with Gasteiger partial charge in [-0.1, -0.05) is 56.7 Å². The highest BCUT2D eigenvalue weighted by molar-refractivity contribution is 5.94. The van der Waals surface area contributed by atoms with Crippen LogP contribution >= 0.6 is 0 Å². The van der Waals surface area contributed by atoms with E-state index in [4.69, 9.17) is 9.47 Å². The third kappa shape index (κ3) is 7.29. The van der Waals surface area contributed by atoms with Crippen LogP contribution in [0, 0.1) is 5.92 Å². The third-order valence-electron chi connectivity index (χ3n) is 8.30. The normalized spacial score (nSPS) is 18.3. The number of ether oxygens (including phenoxy) is 2. The number of aliphatic hydroxyl groups excluding tert-OH is 1. The summed E-state index contributed by atoms with van der Waals surface area (Å²) in [4.78, 5) is 23.7. The minimum atomic E-state index is -0.736. The van der Waals surface area contributed by atoms with E-state index in [0.717, 1.165) is 70.4 Å². The number of carbonyl (C=O) groups is 1. The summed E-state index contributed by atoms with van der Waals surface area (Å²) in [5, 5.41) is 13.2. The number of carbonyl (C=O) groups excluding carboxylic acids is 1. The van der Waals surface area contributed by atoms with Gasteiger partial charge in [-0.15, -0.1) is 0 Å². The molecule has 2 aliphatic rings. The van der Waals surface area contributed by atoms with Crippen LogP contribution < -0.4 is 14.5 Å². The Balaban J connectivity index is 1.06. The van der Waals surface area contributed by atoms with E-state index in [1.54, 1.807) is 4.90 Å². The summed E-state index contributed by atoms with van der Waals surface area (Å²) in [5.41, 5.74) is 2.37. The molecule has 0 saturated carbocycles. The first-order valence-electron chi connectivity index (χ1n) is 15.2. The van der Waals surface area contributed by atoms with E-state index < -0.39 is 6.23 Å². The van der Waals surface area contributed by atoms with Gasteiger partial charge in [0.15, 0.2) is 6.73 Å². The van der Waals surface area contributed by atoms with Crippen LogP contribution in [-0.2, 0) is 16.0 Å². The number of hydrogen-bond donors (Lipinski definition) is 1. The predicted octanol–water partition coefficient (Wildman–Crippen LogP) is 5.22. The van der Waals surface area contributed by atoms with Crippen LogP contribution in [-0.4, -0.2) is 73.2 Å². The van der Waals surface area contributed by atoms with Gasteiger partial charge in [0.2, 0.25) is 5.88 Å². The van der Waals surface area contributed by atoms with Gasteiger partial charge < -0.3 is 19.5 Å². The lowest BCUT2D eigenvalue weighted by Gasteiger charge is -2.36. The lowest BCUT2D eigenvalue weighted by Crippen LogP contribution is -2.46. The van der Waals surface area contributed by atoms with Crippen LogP contribution in [0.4, 0.5) is 11.5 Å². The Morgan fingerprint density at radius 2 is 1.85 bits per heavy atom. The highest BCUT2D eigenvalue weighted by Crippen LogP contribution is 2.31. The number of rotatable bonds is 12. The molecule has 3 heterocycles. The molecule has 2 unspecified atom stereocenters. The van der Waals surface area contributed by atoms with Crippen molar-refractivity contribution in [1.82, 2.24) is 9.88 Å². The molecule has 1 N–H and O–H groups in total. The van der Waals surface area contributed by atoms with Gasteiger partial charge >= 0.3 is 5.97 Å². The van der Waals surface area contributed by atoms with Gasteiger partial charge in [0.25, 0.3) is 0 Å². The number of fused-ring (bicyclic) bond motifs is 2. The van der Waals surface area contributed by atoms with Crippen molar-refractivity contribution < 1.29 is 19.4 Å². The number of pyridine rings is 1. The fourth-order valence-electron chi connectivity index (χ4n) is 5.85.